The highest BCUT2D eigenvalue weighted by molar-refractivity contribution is 5.89. The first-order valence-electron chi connectivity index (χ1n) is 8.17. The van der Waals surface area contributed by atoms with E-state index in [1.165, 1.54) is 0 Å². The van der Waals surface area contributed by atoms with Gasteiger partial charge in [-0.25, -0.2) is 4.79 Å². The molecule has 0 bridgehead atoms. The van der Waals surface area contributed by atoms with E-state index in [0.29, 0.717) is 18.8 Å². The zero-order valence-electron chi connectivity index (χ0n) is 13.9. The first-order chi connectivity index (χ1) is 11.7. The van der Waals surface area contributed by atoms with E-state index >= 15 is 0 Å². The normalized spacial score (nSPS) is 10.2. The molecule has 0 radical (unpaired) electrons. The molecule has 0 aliphatic carbocycles. The van der Waals surface area contributed by atoms with Gasteiger partial charge in [-0.05, 0) is 36.1 Å². The van der Waals surface area contributed by atoms with E-state index in [9.17, 15) is 4.79 Å². The van der Waals surface area contributed by atoms with E-state index < -0.39 is 0 Å². The molecular weight excluding hydrogens is 304 g/mol. The molecule has 0 saturated heterocycles. The van der Waals surface area contributed by atoms with Crippen LogP contribution in [0.5, 0.6) is 5.75 Å². The summed E-state index contributed by atoms with van der Waals surface area (Å²) in [5, 5.41) is 14.6. The van der Waals surface area contributed by atoms with Gasteiger partial charge in [-0.1, -0.05) is 37.3 Å². The highest BCUT2D eigenvalue weighted by Gasteiger charge is 2.03. The van der Waals surface area contributed by atoms with Crippen molar-refractivity contribution in [2.75, 3.05) is 18.5 Å². The second-order valence-corrected chi connectivity index (χ2v) is 5.48. The van der Waals surface area contributed by atoms with Crippen LogP contribution in [-0.2, 0) is 13.0 Å². The van der Waals surface area contributed by atoms with Crippen LogP contribution in [0.4, 0.5) is 10.5 Å². The molecule has 128 valence electrons. The highest BCUT2D eigenvalue weighted by atomic mass is 16.5. The van der Waals surface area contributed by atoms with Crippen molar-refractivity contribution in [2.24, 2.45) is 0 Å². The molecule has 24 heavy (non-hydrogen) atoms. The second kappa shape index (κ2) is 9.57. The van der Waals surface area contributed by atoms with Gasteiger partial charge in [-0.3, -0.25) is 0 Å². The fourth-order valence-corrected chi connectivity index (χ4v) is 2.19. The van der Waals surface area contributed by atoms with Crippen LogP contribution in [0.1, 0.15) is 24.5 Å². The quantitative estimate of drug-likeness (QED) is 0.696. The zero-order valence-corrected chi connectivity index (χ0v) is 13.9. The monoisotopic (exact) mass is 328 g/mol. The molecule has 3 N–H and O–H groups in total. The summed E-state index contributed by atoms with van der Waals surface area (Å²) >= 11 is 0. The molecule has 0 spiro atoms. The van der Waals surface area contributed by atoms with Crippen LogP contribution in [0.25, 0.3) is 0 Å². The number of carbonyl (C=O) groups is 1. The first-order valence-corrected chi connectivity index (χ1v) is 8.17. The van der Waals surface area contributed by atoms with Gasteiger partial charge < -0.3 is 20.5 Å². The van der Waals surface area contributed by atoms with Gasteiger partial charge in [0.25, 0.3) is 0 Å². The molecule has 0 aliphatic rings. The summed E-state index contributed by atoms with van der Waals surface area (Å²) in [6, 6.07) is 14.8. The lowest BCUT2D eigenvalue weighted by molar-refractivity contribution is 0.252. The zero-order chi connectivity index (χ0) is 17.2. The molecule has 5 heteroatoms. The second-order valence-electron chi connectivity index (χ2n) is 5.48. The Morgan fingerprint density at radius 1 is 1.12 bits per heavy atom. The Morgan fingerprint density at radius 3 is 2.58 bits per heavy atom. The topological polar surface area (TPSA) is 70.6 Å². The lowest BCUT2D eigenvalue weighted by Crippen LogP contribution is -2.30. The molecule has 0 fully saturated rings. The number of anilines is 1. The summed E-state index contributed by atoms with van der Waals surface area (Å²) < 4.78 is 5.55. The summed E-state index contributed by atoms with van der Waals surface area (Å²) in [5.74, 6) is 0.749. The van der Waals surface area contributed by atoms with Crippen LogP contribution >= 0.6 is 0 Å². The van der Waals surface area contributed by atoms with Crippen molar-refractivity contribution in [1.82, 2.24) is 5.32 Å². The van der Waals surface area contributed by atoms with Crippen molar-refractivity contribution in [1.29, 1.82) is 0 Å². The van der Waals surface area contributed by atoms with Gasteiger partial charge in [0.1, 0.15) is 5.75 Å². The SMILES string of the molecule is CCCOc1cccc(NC(=O)NCCc2ccc(CO)cc2)c1. The summed E-state index contributed by atoms with van der Waals surface area (Å²) in [6.45, 7) is 3.29. The lowest BCUT2D eigenvalue weighted by Gasteiger charge is -2.10. The molecule has 2 aromatic rings. The van der Waals surface area contributed by atoms with Gasteiger partial charge in [0.05, 0.1) is 13.2 Å². The van der Waals surface area contributed by atoms with Crippen LogP contribution in [0.3, 0.4) is 0 Å². The molecule has 0 unspecified atom stereocenters. The molecule has 0 saturated carbocycles. The third-order valence-corrected chi connectivity index (χ3v) is 3.47. The average molecular weight is 328 g/mol. The number of amides is 2. The smallest absolute Gasteiger partial charge is 0.319 e. The lowest BCUT2D eigenvalue weighted by atomic mass is 10.1. The standard InChI is InChI=1S/C19H24N2O3/c1-2-12-24-18-5-3-4-17(13-18)21-19(23)20-11-10-15-6-8-16(14-22)9-7-15/h3-9,13,22H,2,10-12,14H2,1H3,(H2,20,21,23). The van der Waals surface area contributed by atoms with Crippen molar-refractivity contribution >= 4 is 11.7 Å². The van der Waals surface area contributed by atoms with Crippen molar-refractivity contribution in [3.63, 3.8) is 0 Å². The molecule has 2 rings (SSSR count). The number of ether oxygens (including phenoxy) is 1. The Balaban J connectivity index is 1.76. The predicted octanol–water partition coefficient (Wildman–Crippen LogP) is 3.33. The number of benzene rings is 2. The maximum atomic E-state index is 11.9. The van der Waals surface area contributed by atoms with Crippen LogP contribution in [-0.4, -0.2) is 24.3 Å². The van der Waals surface area contributed by atoms with E-state index in [2.05, 4.69) is 10.6 Å². The summed E-state index contributed by atoms with van der Waals surface area (Å²) in [4.78, 5) is 11.9. The van der Waals surface area contributed by atoms with Crippen molar-refractivity contribution in [3.8, 4) is 5.75 Å². The first kappa shape index (κ1) is 17.8. The average Bonchev–Trinajstić information content (AvgIpc) is 2.61. The van der Waals surface area contributed by atoms with E-state index in [0.717, 1.165) is 29.7 Å². The minimum Gasteiger partial charge on any atom is -0.494 e. The summed E-state index contributed by atoms with van der Waals surface area (Å²) in [7, 11) is 0. The molecule has 5 nitrogen and oxygen atoms in total. The minimum absolute atomic E-state index is 0.0436. The number of aliphatic hydroxyl groups is 1. The van der Waals surface area contributed by atoms with Gasteiger partial charge in [0, 0.05) is 18.3 Å². The van der Waals surface area contributed by atoms with Gasteiger partial charge in [-0.2, -0.15) is 0 Å². The van der Waals surface area contributed by atoms with E-state index in [4.69, 9.17) is 9.84 Å². The fourth-order valence-electron chi connectivity index (χ4n) is 2.19. The fraction of sp³-hybridized carbons (Fsp3) is 0.316. The summed E-state index contributed by atoms with van der Waals surface area (Å²) in [5.41, 5.74) is 2.70. The molecule has 2 aromatic carbocycles. The van der Waals surface area contributed by atoms with Gasteiger partial charge in [0.15, 0.2) is 0 Å². The largest absolute Gasteiger partial charge is 0.494 e. The van der Waals surface area contributed by atoms with Crippen LogP contribution in [0.15, 0.2) is 48.5 Å². The Kier molecular flexibility index (Phi) is 7.11. The predicted molar refractivity (Wildman–Crippen MR) is 95.3 cm³/mol. The van der Waals surface area contributed by atoms with E-state index in [1.807, 2.05) is 55.5 Å². The maximum Gasteiger partial charge on any atom is 0.319 e. The number of urea groups is 1. The van der Waals surface area contributed by atoms with Crippen LogP contribution in [0, 0.1) is 0 Å². The number of hydrogen-bond donors (Lipinski definition) is 3. The third kappa shape index (κ3) is 5.93. The number of nitrogens with one attached hydrogen (secondary N) is 2. The van der Waals surface area contributed by atoms with E-state index in [-0.39, 0.29) is 12.6 Å². The number of aliphatic hydroxyl groups excluding tert-OH is 1. The highest BCUT2D eigenvalue weighted by Crippen LogP contribution is 2.17. The number of hydrogen-bond acceptors (Lipinski definition) is 3. The van der Waals surface area contributed by atoms with Gasteiger partial charge in [-0.15, -0.1) is 0 Å². The van der Waals surface area contributed by atoms with Gasteiger partial charge in [0.2, 0.25) is 0 Å². The maximum absolute atomic E-state index is 11.9. The van der Waals surface area contributed by atoms with Crippen LogP contribution in [0.2, 0.25) is 0 Å². The van der Waals surface area contributed by atoms with Crippen LogP contribution < -0.4 is 15.4 Å². The Morgan fingerprint density at radius 2 is 1.88 bits per heavy atom. The Labute approximate surface area is 142 Å². The Hall–Kier alpha value is -2.53. The van der Waals surface area contributed by atoms with Crippen molar-refractivity contribution in [3.05, 3.63) is 59.7 Å². The van der Waals surface area contributed by atoms with Crippen molar-refractivity contribution < 1.29 is 14.6 Å². The van der Waals surface area contributed by atoms with Gasteiger partial charge >= 0.3 is 6.03 Å². The summed E-state index contributed by atoms with van der Waals surface area (Å²) in [6.07, 6.45) is 1.68. The number of rotatable bonds is 8. The molecule has 0 aromatic heterocycles. The molecular formula is C19H24N2O3. The van der Waals surface area contributed by atoms with Crippen molar-refractivity contribution in [2.45, 2.75) is 26.4 Å². The molecule has 0 heterocycles. The Bertz CT molecular complexity index is 641. The molecule has 0 atom stereocenters. The number of carbonyl (C=O) groups excluding carboxylic acids is 1. The minimum atomic E-state index is -0.241. The molecule has 2 amide bonds. The molecule has 0 aliphatic heterocycles. The third-order valence-electron chi connectivity index (χ3n) is 3.47. The van der Waals surface area contributed by atoms with E-state index in [1.54, 1.807) is 0 Å².